The van der Waals surface area contributed by atoms with E-state index in [9.17, 15) is 0 Å². The summed E-state index contributed by atoms with van der Waals surface area (Å²) in [5, 5.41) is 2.18. The summed E-state index contributed by atoms with van der Waals surface area (Å²) < 4.78 is 0. The standard InChI is InChI=1S/C13H17ClS/c14-9-13(7-10-6-11(10)8-13)4-3-12-2-1-5-15-12/h1-2,5,10-11H,3-4,6-9H2. The molecule has 2 heteroatoms. The van der Waals surface area contributed by atoms with E-state index in [-0.39, 0.29) is 0 Å². The van der Waals surface area contributed by atoms with Crippen molar-refractivity contribution >= 4 is 22.9 Å². The summed E-state index contributed by atoms with van der Waals surface area (Å²) in [5.41, 5.74) is 0.499. The molecule has 0 radical (unpaired) electrons. The number of rotatable bonds is 4. The minimum atomic E-state index is 0.499. The van der Waals surface area contributed by atoms with Crippen molar-refractivity contribution in [1.82, 2.24) is 0 Å². The molecular formula is C13H17ClS. The van der Waals surface area contributed by atoms with Gasteiger partial charge in [-0.05, 0) is 60.8 Å². The van der Waals surface area contributed by atoms with E-state index in [2.05, 4.69) is 17.5 Å². The Bertz CT molecular complexity index is 320. The second-order valence-electron chi connectivity index (χ2n) is 5.38. The third-order valence-electron chi connectivity index (χ3n) is 4.22. The topological polar surface area (TPSA) is 0 Å². The van der Waals surface area contributed by atoms with Crippen LogP contribution >= 0.6 is 22.9 Å². The van der Waals surface area contributed by atoms with Crippen LogP contribution < -0.4 is 0 Å². The van der Waals surface area contributed by atoms with Crippen LogP contribution in [0.4, 0.5) is 0 Å². The maximum atomic E-state index is 6.19. The first-order chi connectivity index (χ1) is 7.31. The summed E-state index contributed by atoms with van der Waals surface area (Å²) in [5.74, 6) is 2.98. The molecule has 0 nitrogen and oxygen atoms in total. The quantitative estimate of drug-likeness (QED) is 0.687. The molecule has 3 rings (SSSR count). The van der Waals surface area contributed by atoms with Crippen molar-refractivity contribution in [2.75, 3.05) is 5.88 Å². The fourth-order valence-electron chi connectivity index (χ4n) is 3.23. The Morgan fingerprint density at radius 2 is 2.20 bits per heavy atom. The molecule has 0 aliphatic heterocycles. The van der Waals surface area contributed by atoms with Gasteiger partial charge in [0.05, 0.1) is 0 Å². The summed E-state index contributed by atoms with van der Waals surface area (Å²) >= 11 is 8.08. The second kappa shape index (κ2) is 3.78. The van der Waals surface area contributed by atoms with Gasteiger partial charge in [0.2, 0.25) is 0 Å². The van der Waals surface area contributed by atoms with Crippen LogP contribution in [-0.4, -0.2) is 5.88 Å². The molecule has 1 aromatic rings. The van der Waals surface area contributed by atoms with Gasteiger partial charge in [0, 0.05) is 10.8 Å². The number of hydrogen-bond donors (Lipinski definition) is 0. The third kappa shape index (κ3) is 1.97. The molecule has 2 aliphatic carbocycles. The van der Waals surface area contributed by atoms with Gasteiger partial charge in [-0.15, -0.1) is 22.9 Å². The zero-order valence-corrected chi connectivity index (χ0v) is 10.5. The summed E-state index contributed by atoms with van der Waals surface area (Å²) in [7, 11) is 0. The molecule has 0 amide bonds. The van der Waals surface area contributed by atoms with Gasteiger partial charge in [-0.1, -0.05) is 6.07 Å². The molecule has 0 aromatic carbocycles. The average Bonchev–Trinajstić information content (AvgIpc) is 2.75. The lowest BCUT2D eigenvalue weighted by molar-refractivity contribution is 0.281. The highest BCUT2D eigenvalue weighted by Gasteiger charge is 2.52. The average molecular weight is 241 g/mol. The van der Waals surface area contributed by atoms with Gasteiger partial charge in [0.1, 0.15) is 0 Å². The Labute approximate surface area is 101 Å². The number of alkyl halides is 1. The van der Waals surface area contributed by atoms with Gasteiger partial charge in [0.25, 0.3) is 0 Å². The van der Waals surface area contributed by atoms with Crippen molar-refractivity contribution in [2.45, 2.75) is 32.1 Å². The van der Waals surface area contributed by atoms with Gasteiger partial charge in [0.15, 0.2) is 0 Å². The lowest BCUT2D eigenvalue weighted by Gasteiger charge is -2.28. The molecule has 1 aromatic heterocycles. The summed E-state index contributed by atoms with van der Waals surface area (Å²) in [6.07, 6.45) is 6.87. The van der Waals surface area contributed by atoms with E-state index in [1.165, 1.54) is 37.0 Å². The predicted molar refractivity (Wildman–Crippen MR) is 66.6 cm³/mol. The molecule has 0 N–H and O–H groups in total. The van der Waals surface area contributed by atoms with Crippen LogP contribution in [0.1, 0.15) is 30.6 Å². The first-order valence-electron chi connectivity index (χ1n) is 5.90. The number of hydrogen-bond acceptors (Lipinski definition) is 1. The van der Waals surface area contributed by atoms with Crippen LogP contribution in [-0.2, 0) is 6.42 Å². The first-order valence-corrected chi connectivity index (χ1v) is 7.31. The zero-order chi connectivity index (χ0) is 10.3. The molecule has 2 saturated carbocycles. The van der Waals surface area contributed by atoms with Crippen molar-refractivity contribution in [3.05, 3.63) is 22.4 Å². The van der Waals surface area contributed by atoms with Crippen LogP contribution in [0.5, 0.6) is 0 Å². The zero-order valence-electron chi connectivity index (χ0n) is 8.92. The molecule has 2 aliphatic rings. The number of fused-ring (bicyclic) bond motifs is 1. The molecule has 0 saturated heterocycles. The molecule has 82 valence electrons. The number of thiophene rings is 1. The fraction of sp³-hybridized carbons (Fsp3) is 0.692. The molecule has 2 unspecified atom stereocenters. The highest BCUT2D eigenvalue weighted by Crippen LogP contribution is 2.61. The largest absolute Gasteiger partial charge is 0.149 e. The van der Waals surface area contributed by atoms with Crippen molar-refractivity contribution in [1.29, 1.82) is 0 Å². The number of aryl methyl sites for hydroxylation is 1. The Kier molecular flexibility index (Phi) is 2.56. The molecule has 2 fully saturated rings. The maximum Gasteiger partial charge on any atom is 0.0280 e. The van der Waals surface area contributed by atoms with E-state index >= 15 is 0 Å². The third-order valence-corrected chi connectivity index (χ3v) is 5.73. The van der Waals surface area contributed by atoms with E-state index in [4.69, 9.17) is 11.6 Å². The summed E-state index contributed by atoms with van der Waals surface area (Å²) in [6.45, 7) is 0. The van der Waals surface area contributed by atoms with Gasteiger partial charge >= 0.3 is 0 Å². The number of halogens is 1. The minimum absolute atomic E-state index is 0.499. The minimum Gasteiger partial charge on any atom is -0.149 e. The second-order valence-corrected chi connectivity index (χ2v) is 6.68. The van der Waals surface area contributed by atoms with Crippen molar-refractivity contribution in [3.63, 3.8) is 0 Å². The molecule has 2 atom stereocenters. The Hall–Kier alpha value is -0.0100. The van der Waals surface area contributed by atoms with Crippen LogP contribution in [0.2, 0.25) is 0 Å². The van der Waals surface area contributed by atoms with Gasteiger partial charge in [-0.2, -0.15) is 0 Å². The first kappa shape index (κ1) is 10.2. The molecule has 1 heterocycles. The van der Waals surface area contributed by atoms with Gasteiger partial charge in [-0.3, -0.25) is 0 Å². The van der Waals surface area contributed by atoms with Crippen molar-refractivity contribution in [2.24, 2.45) is 17.3 Å². The van der Waals surface area contributed by atoms with Gasteiger partial charge < -0.3 is 0 Å². The lowest BCUT2D eigenvalue weighted by atomic mass is 9.80. The van der Waals surface area contributed by atoms with E-state index < -0.39 is 0 Å². The molecule has 0 bridgehead atoms. The highest BCUT2D eigenvalue weighted by molar-refractivity contribution is 7.09. The Balaban J connectivity index is 1.61. The lowest BCUT2D eigenvalue weighted by Crippen LogP contribution is -2.21. The molecule has 0 spiro atoms. The summed E-state index contributed by atoms with van der Waals surface area (Å²) in [4.78, 5) is 1.53. The van der Waals surface area contributed by atoms with Crippen LogP contribution in [0.15, 0.2) is 17.5 Å². The normalized spacial score (nSPS) is 37.9. The smallest absolute Gasteiger partial charge is 0.0280 e. The van der Waals surface area contributed by atoms with Gasteiger partial charge in [-0.25, -0.2) is 0 Å². The monoisotopic (exact) mass is 240 g/mol. The van der Waals surface area contributed by atoms with E-state index in [1.54, 1.807) is 0 Å². The van der Waals surface area contributed by atoms with Crippen LogP contribution in [0.3, 0.4) is 0 Å². The fourth-order valence-corrected chi connectivity index (χ4v) is 4.29. The highest BCUT2D eigenvalue weighted by atomic mass is 35.5. The van der Waals surface area contributed by atoms with Crippen molar-refractivity contribution < 1.29 is 0 Å². The van der Waals surface area contributed by atoms with Crippen LogP contribution in [0.25, 0.3) is 0 Å². The molecular weight excluding hydrogens is 224 g/mol. The van der Waals surface area contributed by atoms with E-state index in [0.717, 1.165) is 17.7 Å². The predicted octanol–water partition coefficient (Wildman–Crippen LogP) is 4.34. The van der Waals surface area contributed by atoms with E-state index in [0.29, 0.717) is 5.41 Å². The Morgan fingerprint density at radius 1 is 1.40 bits per heavy atom. The SMILES string of the molecule is ClCC1(CCc2cccs2)CC2CC2C1. The molecule has 15 heavy (non-hydrogen) atoms. The van der Waals surface area contributed by atoms with Crippen molar-refractivity contribution in [3.8, 4) is 0 Å². The van der Waals surface area contributed by atoms with Crippen LogP contribution in [0, 0.1) is 17.3 Å². The van der Waals surface area contributed by atoms with E-state index in [1.807, 2.05) is 11.3 Å². The Morgan fingerprint density at radius 3 is 2.80 bits per heavy atom. The maximum absolute atomic E-state index is 6.19. The summed E-state index contributed by atoms with van der Waals surface area (Å²) in [6, 6.07) is 4.40.